The minimum absolute atomic E-state index is 0.0177. The van der Waals surface area contributed by atoms with Crippen molar-refractivity contribution in [3.8, 4) is 5.75 Å². The van der Waals surface area contributed by atoms with Crippen molar-refractivity contribution in [3.63, 3.8) is 0 Å². The number of nitrogens with zero attached hydrogens (tertiary/aromatic N) is 1. The number of carbonyl (C=O) groups excluding carboxylic acids is 3. The van der Waals surface area contributed by atoms with E-state index in [1.165, 1.54) is 19.8 Å². The summed E-state index contributed by atoms with van der Waals surface area (Å²) in [6, 6.07) is 13.8. The predicted octanol–water partition coefficient (Wildman–Crippen LogP) is 3.79. The van der Waals surface area contributed by atoms with Crippen LogP contribution in [-0.2, 0) is 14.4 Å². The molecular weight excluding hydrogens is 444 g/mol. The van der Waals surface area contributed by atoms with Crippen LogP contribution in [0, 0.1) is 0 Å². The normalized spacial score (nSPS) is 14.7. The third-order valence-electron chi connectivity index (χ3n) is 6.10. The van der Waals surface area contributed by atoms with Gasteiger partial charge in [0, 0.05) is 31.4 Å². The van der Waals surface area contributed by atoms with E-state index in [1.54, 1.807) is 19.2 Å². The van der Waals surface area contributed by atoms with E-state index < -0.39 is 12.1 Å². The highest BCUT2D eigenvalue weighted by Crippen LogP contribution is 2.24. The number of methoxy groups -OCH3 is 1. The molecule has 0 aromatic heterocycles. The first-order valence-corrected chi connectivity index (χ1v) is 12.3. The lowest BCUT2D eigenvalue weighted by molar-refractivity contribution is -0.127. The molecule has 2 unspecified atom stereocenters. The number of rotatable bonds is 11. The third-order valence-corrected chi connectivity index (χ3v) is 6.10. The number of amides is 3. The summed E-state index contributed by atoms with van der Waals surface area (Å²) >= 11 is 0. The molecule has 2 aromatic rings. The van der Waals surface area contributed by atoms with Crippen molar-refractivity contribution in [2.24, 2.45) is 0 Å². The van der Waals surface area contributed by atoms with E-state index in [4.69, 9.17) is 4.74 Å². The van der Waals surface area contributed by atoms with E-state index in [0.29, 0.717) is 17.9 Å². The Morgan fingerprint density at radius 2 is 1.74 bits per heavy atom. The molecule has 1 fully saturated rings. The molecule has 3 amide bonds. The molecule has 1 heterocycles. The lowest BCUT2D eigenvalue weighted by Crippen LogP contribution is -2.45. The van der Waals surface area contributed by atoms with Crippen molar-refractivity contribution in [1.82, 2.24) is 10.6 Å². The smallest absolute Gasteiger partial charge is 0.246 e. The van der Waals surface area contributed by atoms with Gasteiger partial charge in [-0.25, -0.2) is 0 Å². The Bertz CT molecular complexity index is 1000. The van der Waals surface area contributed by atoms with Crippen molar-refractivity contribution in [2.75, 3.05) is 30.4 Å². The molecular formula is C27H36N4O4. The second kappa shape index (κ2) is 12.8. The highest BCUT2D eigenvalue weighted by Gasteiger charge is 2.24. The molecule has 8 heteroatoms. The highest BCUT2D eigenvalue weighted by molar-refractivity contribution is 5.97. The predicted molar refractivity (Wildman–Crippen MR) is 138 cm³/mol. The Balaban J connectivity index is 1.65. The summed E-state index contributed by atoms with van der Waals surface area (Å²) in [5, 5.41) is 8.65. The van der Waals surface area contributed by atoms with Gasteiger partial charge >= 0.3 is 0 Å². The minimum Gasteiger partial charge on any atom is -0.497 e. The number of benzene rings is 2. The van der Waals surface area contributed by atoms with E-state index in [9.17, 15) is 14.4 Å². The van der Waals surface area contributed by atoms with Gasteiger partial charge in [-0.15, -0.1) is 0 Å². The fraction of sp³-hybridized carbons (Fsp3) is 0.444. The van der Waals surface area contributed by atoms with E-state index in [-0.39, 0.29) is 24.1 Å². The van der Waals surface area contributed by atoms with Gasteiger partial charge in [0.05, 0.1) is 19.6 Å². The van der Waals surface area contributed by atoms with Crippen molar-refractivity contribution >= 4 is 29.1 Å². The van der Waals surface area contributed by atoms with Crippen LogP contribution in [0.5, 0.6) is 5.75 Å². The molecule has 188 valence electrons. The number of hydrogen-bond acceptors (Lipinski definition) is 5. The van der Waals surface area contributed by atoms with Crippen molar-refractivity contribution in [1.29, 1.82) is 0 Å². The molecule has 1 saturated heterocycles. The highest BCUT2D eigenvalue weighted by atomic mass is 16.5. The van der Waals surface area contributed by atoms with E-state index >= 15 is 0 Å². The molecule has 0 aliphatic carbocycles. The van der Waals surface area contributed by atoms with Gasteiger partial charge in [-0.1, -0.05) is 31.5 Å². The standard InChI is InChI=1S/C27H36N4O4/c1-4-8-24(27(34)29-21-9-7-10-22(17-21)31-15-5-6-16-31)30-26(33)18-25(28-19(2)32)20-11-13-23(35-3)14-12-20/h7,9-14,17,24-25H,4-6,8,15-16,18H2,1-3H3,(H,28,32)(H,29,34)(H,30,33). The van der Waals surface area contributed by atoms with E-state index in [2.05, 4.69) is 20.9 Å². The number of nitrogens with one attached hydrogen (secondary N) is 3. The molecule has 35 heavy (non-hydrogen) atoms. The molecule has 1 aliphatic heterocycles. The third kappa shape index (κ3) is 7.73. The summed E-state index contributed by atoms with van der Waals surface area (Å²) in [5.41, 5.74) is 2.59. The molecule has 3 N–H and O–H groups in total. The van der Waals surface area contributed by atoms with Crippen LogP contribution in [0.4, 0.5) is 11.4 Å². The van der Waals surface area contributed by atoms with Gasteiger partial charge in [-0.05, 0) is 55.2 Å². The lowest BCUT2D eigenvalue weighted by atomic mass is 10.0. The largest absolute Gasteiger partial charge is 0.497 e. The zero-order valence-corrected chi connectivity index (χ0v) is 20.8. The first-order chi connectivity index (χ1) is 16.9. The van der Waals surface area contributed by atoms with Crippen molar-refractivity contribution < 1.29 is 19.1 Å². The zero-order valence-electron chi connectivity index (χ0n) is 20.8. The molecule has 0 spiro atoms. The summed E-state index contributed by atoms with van der Waals surface area (Å²) in [5.74, 6) is -0.106. The molecule has 2 atom stereocenters. The Morgan fingerprint density at radius 3 is 2.37 bits per heavy atom. The topological polar surface area (TPSA) is 99.8 Å². The average Bonchev–Trinajstić information content (AvgIpc) is 3.38. The average molecular weight is 481 g/mol. The summed E-state index contributed by atoms with van der Waals surface area (Å²) in [6.07, 6.45) is 3.62. The summed E-state index contributed by atoms with van der Waals surface area (Å²) in [6.45, 7) is 5.43. The maximum absolute atomic E-state index is 13.1. The molecule has 0 radical (unpaired) electrons. The Kier molecular flexibility index (Phi) is 9.52. The molecule has 1 aliphatic rings. The number of ether oxygens (including phenoxy) is 1. The van der Waals surface area contributed by atoms with Crippen LogP contribution in [0.2, 0.25) is 0 Å². The van der Waals surface area contributed by atoms with E-state index in [0.717, 1.165) is 30.8 Å². The van der Waals surface area contributed by atoms with E-state index in [1.807, 2.05) is 43.3 Å². The minimum atomic E-state index is -0.670. The van der Waals surface area contributed by atoms with Crippen molar-refractivity contribution in [2.45, 2.75) is 58.0 Å². The van der Waals surface area contributed by atoms with Gasteiger partial charge < -0.3 is 25.6 Å². The second-order valence-corrected chi connectivity index (χ2v) is 8.87. The monoisotopic (exact) mass is 480 g/mol. The first kappa shape index (κ1) is 26.1. The molecule has 3 rings (SSSR count). The van der Waals surface area contributed by atoms with Crippen LogP contribution in [0.3, 0.4) is 0 Å². The van der Waals surface area contributed by atoms with Crippen LogP contribution in [0.1, 0.15) is 57.6 Å². The number of carbonyl (C=O) groups is 3. The molecule has 0 saturated carbocycles. The summed E-state index contributed by atoms with van der Waals surface area (Å²) in [4.78, 5) is 40.0. The van der Waals surface area contributed by atoms with Crippen LogP contribution < -0.4 is 25.6 Å². The molecule has 8 nitrogen and oxygen atoms in total. The fourth-order valence-corrected chi connectivity index (χ4v) is 4.31. The van der Waals surface area contributed by atoms with Gasteiger partial charge in [0.15, 0.2) is 0 Å². The van der Waals surface area contributed by atoms with Crippen LogP contribution in [0.15, 0.2) is 48.5 Å². The maximum Gasteiger partial charge on any atom is 0.246 e. The first-order valence-electron chi connectivity index (χ1n) is 12.3. The molecule has 2 aromatic carbocycles. The fourth-order valence-electron chi connectivity index (χ4n) is 4.31. The SMILES string of the molecule is CCCC(NC(=O)CC(NC(C)=O)c1ccc(OC)cc1)C(=O)Nc1cccc(N2CCCC2)c1. The Morgan fingerprint density at radius 1 is 1.03 bits per heavy atom. The van der Waals surface area contributed by atoms with Crippen LogP contribution in [-0.4, -0.2) is 44.0 Å². The molecule has 0 bridgehead atoms. The maximum atomic E-state index is 13.1. The second-order valence-electron chi connectivity index (χ2n) is 8.87. The van der Waals surface area contributed by atoms with Crippen LogP contribution >= 0.6 is 0 Å². The zero-order chi connectivity index (χ0) is 25.2. The Labute approximate surface area is 207 Å². The van der Waals surface area contributed by atoms with Gasteiger partial charge in [-0.2, -0.15) is 0 Å². The number of anilines is 2. The Hall–Kier alpha value is -3.55. The van der Waals surface area contributed by atoms with Gasteiger partial charge in [0.25, 0.3) is 0 Å². The summed E-state index contributed by atoms with van der Waals surface area (Å²) < 4.78 is 5.19. The van der Waals surface area contributed by atoms with Gasteiger partial charge in [-0.3, -0.25) is 14.4 Å². The van der Waals surface area contributed by atoms with Crippen LogP contribution in [0.25, 0.3) is 0 Å². The van der Waals surface area contributed by atoms with Crippen molar-refractivity contribution in [3.05, 3.63) is 54.1 Å². The van der Waals surface area contributed by atoms with Gasteiger partial charge in [0.2, 0.25) is 17.7 Å². The lowest BCUT2D eigenvalue weighted by Gasteiger charge is -2.22. The quantitative estimate of drug-likeness (QED) is 0.455. The summed E-state index contributed by atoms with van der Waals surface area (Å²) in [7, 11) is 1.58. The van der Waals surface area contributed by atoms with Gasteiger partial charge in [0.1, 0.15) is 11.8 Å². The number of hydrogen-bond donors (Lipinski definition) is 3.